The zero-order chi connectivity index (χ0) is 13.0. The summed E-state index contributed by atoms with van der Waals surface area (Å²) in [4.78, 5) is 8.13. The van der Waals surface area contributed by atoms with Crippen LogP contribution >= 0.6 is 0 Å². The van der Waals surface area contributed by atoms with E-state index >= 15 is 0 Å². The lowest BCUT2D eigenvalue weighted by Crippen LogP contribution is -2.46. The summed E-state index contributed by atoms with van der Waals surface area (Å²) in [5.41, 5.74) is 0.0103. The lowest BCUT2D eigenvalue weighted by Gasteiger charge is -2.39. The first-order chi connectivity index (χ1) is 8.67. The summed E-state index contributed by atoms with van der Waals surface area (Å²) in [5.74, 6) is 1.22. The second kappa shape index (κ2) is 5.32. The SMILES string of the molecule is CC1CCCC(CO)(Nc2cnc(C#N)cn2)C1. The van der Waals surface area contributed by atoms with Crippen LogP contribution < -0.4 is 5.32 Å². The molecule has 1 fully saturated rings. The van der Waals surface area contributed by atoms with E-state index in [0.717, 1.165) is 19.3 Å². The molecule has 2 atom stereocenters. The Morgan fingerprint density at radius 3 is 2.94 bits per heavy atom. The third-order valence-corrected chi connectivity index (χ3v) is 3.55. The third-order valence-electron chi connectivity index (χ3n) is 3.55. The summed E-state index contributed by atoms with van der Waals surface area (Å²) in [6.45, 7) is 2.30. The van der Waals surface area contributed by atoms with E-state index in [4.69, 9.17) is 5.26 Å². The van der Waals surface area contributed by atoms with Gasteiger partial charge >= 0.3 is 0 Å². The van der Waals surface area contributed by atoms with Crippen molar-refractivity contribution in [3.63, 3.8) is 0 Å². The van der Waals surface area contributed by atoms with Crippen LogP contribution in [-0.2, 0) is 0 Å². The fourth-order valence-electron chi connectivity index (χ4n) is 2.68. The molecule has 0 saturated heterocycles. The molecular formula is C13H18N4O. The molecule has 2 N–H and O–H groups in total. The van der Waals surface area contributed by atoms with E-state index in [1.807, 2.05) is 6.07 Å². The highest BCUT2D eigenvalue weighted by Gasteiger charge is 2.34. The van der Waals surface area contributed by atoms with Crippen molar-refractivity contribution < 1.29 is 5.11 Å². The van der Waals surface area contributed by atoms with Crippen molar-refractivity contribution in [1.29, 1.82) is 5.26 Å². The lowest BCUT2D eigenvalue weighted by molar-refractivity contribution is 0.149. The second-order valence-electron chi connectivity index (χ2n) is 5.16. The molecule has 1 aliphatic carbocycles. The Hall–Kier alpha value is -1.67. The van der Waals surface area contributed by atoms with Gasteiger partial charge in [-0.05, 0) is 18.8 Å². The van der Waals surface area contributed by atoms with Crippen LogP contribution in [0.15, 0.2) is 12.4 Å². The number of hydrogen-bond acceptors (Lipinski definition) is 5. The van der Waals surface area contributed by atoms with Crippen molar-refractivity contribution in [2.24, 2.45) is 5.92 Å². The number of nitriles is 1. The van der Waals surface area contributed by atoms with Crippen molar-refractivity contribution >= 4 is 5.82 Å². The first kappa shape index (κ1) is 12.8. The maximum absolute atomic E-state index is 9.66. The lowest BCUT2D eigenvalue weighted by atomic mass is 9.77. The zero-order valence-electron chi connectivity index (χ0n) is 10.6. The molecule has 1 aliphatic rings. The molecule has 96 valence electrons. The highest BCUT2D eigenvalue weighted by atomic mass is 16.3. The van der Waals surface area contributed by atoms with Gasteiger partial charge in [0.2, 0.25) is 0 Å². The van der Waals surface area contributed by atoms with Crippen LogP contribution in [0.5, 0.6) is 0 Å². The van der Waals surface area contributed by atoms with Crippen molar-refractivity contribution in [1.82, 2.24) is 9.97 Å². The molecular weight excluding hydrogens is 228 g/mol. The highest BCUT2D eigenvalue weighted by Crippen LogP contribution is 2.34. The molecule has 0 radical (unpaired) electrons. The molecule has 18 heavy (non-hydrogen) atoms. The molecule has 2 rings (SSSR count). The molecule has 0 bridgehead atoms. The van der Waals surface area contributed by atoms with Crippen molar-refractivity contribution in [2.45, 2.75) is 38.1 Å². The minimum Gasteiger partial charge on any atom is -0.394 e. The Bertz CT molecular complexity index is 439. The number of nitrogens with one attached hydrogen (secondary N) is 1. The molecule has 1 aromatic rings. The van der Waals surface area contributed by atoms with Gasteiger partial charge < -0.3 is 10.4 Å². The van der Waals surface area contributed by atoms with Gasteiger partial charge in [-0.2, -0.15) is 5.26 Å². The molecule has 1 heterocycles. The van der Waals surface area contributed by atoms with E-state index < -0.39 is 0 Å². The van der Waals surface area contributed by atoms with Gasteiger partial charge in [0.1, 0.15) is 11.9 Å². The van der Waals surface area contributed by atoms with Gasteiger partial charge in [-0.3, -0.25) is 0 Å². The van der Waals surface area contributed by atoms with Crippen LogP contribution in [0.1, 0.15) is 38.3 Å². The number of anilines is 1. The Morgan fingerprint density at radius 2 is 2.39 bits per heavy atom. The quantitative estimate of drug-likeness (QED) is 0.848. The molecule has 1 aromatic heterocycles. The summed E-state index contributed by atoms with van der Waals surface area (Å²) >= 11 is 0. The van der Waals surface area contributed by atoms with Gasteiger partial charge in [-0.25, -0.2) is 9.97 Å². The molecule has 5 heteroatoms. The predicted molar refractivity (Wildman–Crippen MR) is 67.8 cm³/mol. The van der Waals surface area contributed by atoms with Crippen LogP contribution in [-0.4, -0.2) is 27.2 Å². The molecule has 5 nitrogen and oxygen atoms in total. The van der Waals surface area contributed by atoms with Gasteiger partial charge in [0.25, 0.3) is 0 Å². The van der Waals surface area contributed by atoms with E-state index in [0.29, 0.717) is 17.4 Å². The predicted octanol–water partition coefficient (Wildman–Crippen LogP) is 1.70. The van der Waals surface area contributed by atoms with Gasteiger partial charge in [0.15, 0.2) is 5.69 Å². The minimum absolute atomic E-state index is 0.0963. The smallest absolute Gasteiger partial charge is 0.158 e. The van der Waals surface area contributed by atoms with Crippen molar-refractivity contribution in [3.8, 4) is 6.07 Å². The number of aliphatic hydroxyl groups is 1. The normalized spacial score (nSPS) is 27.5. The molecule has 0 aromatic carbocycles. The standard InChI is InChI=1S/C13H18N4O/c1-10-3-2-4-13(5-10,9-18)17-12-8-15-11(6-14)7-16-12/h7-8,10,18H,2-5,9H2,1H3,(H,16,17). The van der Waals surface area contributed by atoms with Crippen molar-refractivity contribution in [2.75, 3.05) is 11.9 Å². The van der Waals surface area contributed by atoms with Crippen LogP contribution in [0, 0.1) is 17.2 Å². The topological polar surface area (TPSA) is 81.8 Å². The van der Waals surface area contributed by atoms with Gasteiger partial charge in [0.05, 0.1) is 24.5 Å². The van der Waals surface area contributed by atoms with Gasteiger partial charge in [0, 0.05) is 0 Å². The van der Waals surface area contributed by atoms with E-state index in [2.05, 4.69) is 22.2 Å². The molecule has 0 amide bonds. The van der Waals surface area contributed by atoms with E-state index in [9.17, 15) is 5.11 Å². The number of aromatic nitrogens is 2. The Labute approximate surface area is 107 Å². The maximum Gasteiger partial charge on any atom is 0.158 e. The fourth-order valence-corrected chi connectivity index (χ4v) is 2.68. The van der Waals surface area contributed by atoms with Crippen molar-refractivity contribution in [3.05, 3.63) is 18.1 Å². The zero-order valence-corrected chi connectivity index (χ0v) is 10.6. The summed E-state index contributed by atoms with van der Waals surface area (Å²) in [5, 5.41) is 21.6. The number of rotatable bonds is 3. The minimum atomic E-state index is -0.291. The van der Waals surface area contributed by atoms with E-state index in [1.54, 1.807) is 6.20 Å². The number of hydrogen-bond donors (Lipinski definition) is 2. The first-order valence-corrected chi connectivity index (χ1v) is 6.29. The largest absolute Gasteiger partial charge is 0.394 e. The van der Waals surface area contributed by atoms with Gasteiger partial charge in [-0.15, -0.1) is 0 Å². The number of aliphatic hydroxyl groups excluding tert-OH is 1. The summed E-state index contributed by atoms with van der Waals surface area (Å²) in [6.07, 6.45) is 7.19. The van der Waals surface area contributed by atoms with Crippen LogP contribution in [0.4, 0.5) is 5.82 Å². The maximum atomic E-state index is 9.66. The molecule has 0 spiro atoms. The van der Waals surface area contributed by atoms with Gasteiger partial charge in [-0.1, -0.05) is 19.8 Å². The second-order valence-corrected chi connectivity index (χ2v) is 5.16. The summed E-state index contributed by atoms with van der Waals surface area (Å²) in [7, 11) is 0. The monoisotopic (exact) mass is 246 g/mol. The first-order valence-electron chi connectivity index (χ1n) is 6.29. The summed E-state index contributed by atoms with van der Waals surface area (Å²) in [6, 6.07) is 1.94. The van der Waals surface area contributed by atoms with Crippen LogP contribution in [0.2, 0.25) is 0 Å². The average Bonchev–Trinajstić information content (AvgIpc) is 2.39. The Morgan fingerprint density at radius 1 is 1.56 bits per heavy atom. The van der Waals surface area contributed by atoms with E-state index in [1.165, 1.54) is 12.6 Å². The number of nitrogens with zero attached hydrogens (tertiary/aromatic N) is 3. The third kappa shape index (κ3) is 2.77. The highest BCUT2D eigenvalue weighted by molar-refractivity contribution is 5.37. The Kier molecular flexibility index (Phi) is 3.78. The average molecular weight is 246 g/mol. The van der Waals surface area contributed by atoms with Crippen LogP contribution in [0.25, 0.3) is 0 Å². The Balaban J connectivity index is 2.11. The molecule has 1 saturated carbocycles. The summed E-state index contributed by atoms with van der Waals surface area (Å²) < 4.78 is 0. The van der Waals surface area contributed by atoms with E-state index in [-0.39, 0.29) is 12.1 Å². The fraction of sp³-hybridized carbons (Fsp3) is 0.615. The molecule has 0 aliphatic heterocycles. The molecule has 2 unspecified atom stereocenters. The van der Waals surface area contributed by atoms with Crippen LogP contribution in [0.3, 0.4) is 0 Å².